The Morgan fingerprint density at radius 2 is 2.06 bits per heavy atom. The molecule has 1 saturated heterocycles. The van der Waals surface area contributed by atoms with Crippen LogP contribution in [0.5, 0.6) is 0 Å². The first-order valence-corrected chi connectivity index (χ1v) is 6.65. The fraction of sp³-hybridized carbons (Fsp3) is 0.333. The molecule has 0 bridgehead atoms. The van der Waals surface area contributed by atoms with Crippen LogP contribution in [0, 0.1) is 0 Å². The third-order valence-electron chi connectivity index (χ3n) is 2.26. The summed E-state index contributed by atoms with van der Waals surface area (Å²) in [5, 5.41) is 0.332. The van der Waals surface area contributed by atoms with Gasteiger partial charge in [0, 0.05) is 11.4 Å². The summed E-state index contributed by atoms with van der Waals surface area (Å²) in [5.74, 6) is 0. The SMILES string of the molecule is O=S(=O)(O)c1ccc(Cl)c(CC2CO2)c1Cl. The van der Waals surface area contributed by atoms with E-state index in [-0.39, 0.29) is 16.0 Å². The summed E-state index contributed by atoms with van der Waals surface area (Å²) in [6, 6.07) is 2.57. The molecule has 1 aliphatic rings. The molecular formula is C9H8Cl2O4S. The van der Waals surface area contributed by atoms with Crippen molar-refractivity contribution in [3.8, 4) is 0 Å². The van der Waals surface area contributed by atoms with Crippen molar-refractivity contribution in [3.05, 3.63) is 27.7 Å². The molecule has 4 nitrogen and oxygen atoms in total. The minimum Gasteiger partial charge on any atom is -0.373 e. The van der Waals surface area contributed by atoms with Gasteiger partial charge in [-0.2, -0.15) is 8.42 Å². The van der Waals surface area contributed by atoms with Crippen LogP contribution in [0.15, 0.2) is 17.0 Å². The summed E-state index contributed by atoms with van der Waals surface area (Å²) in [6.45, 7) is 0.614. The molecule has 16 heavy (non-hydrogen) atoms. The Kier molecular flexibility index (Phi) is 3.16. The summed E-state index contributed by atoms with van der Waals surface area (Å²) >= 11 is 11.8. The fourth-order valence-corrected chi connectivity index (χ4v) is 2.78. The standard InChI is InChI=1S/C9H8Cl2O4S/c10-7-1-2-8(16(12,13)14)9(11)6(7)3-5-4-15-5/h1-2,5H,3-4H2,(H,12,13,14). The zero-order valence-electron chi connectivity index (χ0n) is 7.98. The molecule has 0 aromatic heterocycles. The number of benzene rings is 1. The van der Waals surface area contributed by atoms with Crippen LogP contribution in [0.1, 0.15) is 5.56 Å². The summed E-state index contributed by atoms with van der Waals surface area (Å²) in [6.07, 6.45) is 0.479. The van der Waals surface area contributed by atoms with E-state index in [0.29, 0.717) is 23.6 Å². The number of halogens is 2. The summed E-state index contributed by atoms with van der Waals surface area (Å²) in [5.41, 5.74) is 0.487. The first kappa shape index (κ1) is 12.1. The maximum Gasteiger partial charge on any atom is 0.296 e. The monoisotopic (exact) mass is 282 g/mol. The summed E-state index contributed by atoms with van der Waals surface area (Å²) in [7, 11) is -4.32. The first-order valence-electron chi connectivity index (χ1n) is 4.45. The maximum atomic E-state index is 11.0. The third-order valence-corrected chi connectivity index (χ3v) is 4.06. The fourth-order valence-electron chi connectivity index (χ4n) is 1.38. The number of epoxide rings is 1. The van der Waals surface area contributed by atoms with E-state index in [0.717, 1.165) is 0 Å². The number of hydrogen-bond donors (Lipinski definition) is 1. The van der Waals surface area contributed by atoms with E-state index in [1.165, 1.54) is 12.1 Å². The highest BCUT2D eigenvalue weighted by atomic mass is 35.5. The van der Waals surface area contributed by atoms with Crippen LogP contribution in [0.2, 0.25) is 10.0 Å². The molecule has 1 heterocycles. The van der Waals surface area contributed by atoms with Crippen molar-refractivity contribution in [2.24, 2.45) is 0 Å². The van der Waals surface area contributed by atoms with Crippen LogP contribution in [0.4, 0.5) is 0 Å². The second kappa shape index (κ2) is 4.16. The molecule has 1 aromatic carbocycles. The molecule has 1 N–H and O–H groups in total. The van der Waals surface area contributed by atoms with Crippen LogP contribution < -0.4 is 0 Å². The van der Waals surface area contributed by atoms with Crippen molar-refractivity contribution < 1.29 is 17.7 Å². The van der Waals surface area contributed by atoms with Crippen molar-refractivity contribution in [2.75, 3.05) is 6.61 Å². The summed E-state index contributed by atoms with van der Waals surface area (Å²) < 4.78 is 36.0. The van der Waals surface area contributed by atoms with E-state index in [4.69, 9.17) is 32.5 Å². The summed E-state index contributed by atoms with van der Waals surface area (Å²) in [4.78, 5) is -0.325. The normalized spacial score (nSPS) is 19.8. The van der Waals surface area contributed by atoms with Gasteiger partial charge in [-0.25, -0.2) is 0 Å². The molecule has 2 rings (SSSR count). The lowest BCUT2D eigenvalue weighted by Crippen LogP contribution is -2.03. The van der Waals surface area contributed by atoms with Crippen molar-refractivity contribution in [1.82, 2.24) is 0 Å². The molecule has 0 saturated carbocycles. The van der Waals surface area contributed by atoms with E-state index in [2.05, 4.69) is 0 Å². The number of ether oxygens (including phenoxy) is 1. The van der Waals surface area contributed by atoms with Gasteiger partial charge in [0.15, 0.2) is 0 Å². The smallest absolute Gasteiger partial charge is 0.296 e. The van der Waals surface area contributed by atoms with Crippen LogP contribution in [-0.2, 0) is 21.3 Å². The highest BCUT2D eigenvalue weighted by Gasteiger charge is 2.27. The molecule has 1 atom stereocenters. The van der Waals surface area contributed by atoms with Gasteiger partial charge in [0.1, 0.15) is 4.90 Å². The Morgan fingerprint density at radius 1 is 1.44 bits per heavy atom. The number of rotatable bonds is 3. The van der Waals surface area contributed by atoms with E-state index in [1.807, 2.05) is 0 Å². The van der Waals surface area contributed by atoms with Crippen LogP contribution >= 0.6 is 23.2 Å². The minimum atomic E-state index is -4.32. The largest absolute Gasteiger partial charge is 0.373 e. The van der Waals surface area contributed by atoms with Crippen LogP contribution in [0.25, 0.3) is 0 Å². The molecule has 1 unspecified atom stereocenters. The highest BCUT2D eigenvalue weighted by molar-refractivity contribution is 7.86. The van der Waals surface area contributed by atoms with Gasteiger partial charge in [-0.3, -0.25) is 4.55 Å². The van der Waals surface area contributed by atoms with Crippen molar-refractivity contribution in [3.63, 3.8) is 0 Å². The predicted molar refractivity (Wildman–Crippen MR) is 59.7 cm³/mol. The molecular weight excluding hydrogens is 275 g/mol. The molecule has 0 radical (unpaired) electrons. The minimum absolute atomic E-state index is 0.0339. The quantitative estimate of drug-likeness (QED) is 0.682. The zero-order valence-corrected chi connectivity index (χ0v) is 10.3. The highest BCUT2D eigenvalue weighted by Crippen LogP contribution is 2.33. The van der Waals surface area contributed by atoms with Crippen molar-refractivity contribution >= 4 is 33.3 Å². The number of hydrogen-bond acceptors (Lipinski definition) is 3. The van der Waals surface area contributed by atoms with Crippen molar-refractivity contribution in [1.29, 1.82) is 0 Å². The van der Waals surface area contributed by atoms with Gasteiger partial charge in [0.05, 0.1) is 17.7 Å². The Morgan fingerprint density at radius 3 is 2.56 bits per heavy atom. The Balaban J connectivity index is 2.49. The van der Waals surface area contributed by atoms with E-state index >= 15 is 0 Å². The second-order valence-electron chi connectivity index (χ2n) is 3.47. The average molecular weight is 283 g/mol. The molecule has 1 aliphatic heterocycles. The molecule has 1 fully saturated rings. The lowest BCUT2D eigenvalue weighted by atomic mass is 10.1. The van der Waals surface area contributed by atoms with Gasteiger partial charge in [-0.05, 0) is 17.7 Å². The molecule has 88 valence electrons. The van der Waals surface area contributed by atoms with Crippen LogP contribution in [-0.4, -0.2) is 25.7 Å². The van der Waals surface area contributed by atoms with Gasteiger partial charge in [-0.15, -0.1) is 0 Å². The molecule has 7 heteroatoms. The van der Waals surface area contributed by atoms with Crippen LogP contribution in [0.3, 0.4) is 0 Å². The van der Waals surface area contributed by atoms with Gasteiger partial charge in [0.2, 0.25) is 0 Å². The maximum absolute atomic E-state index is 11.0. The van der Waals surface area contributed by atoms with Gasteiger partial charge < -0.3 is 4.74 Å². The van der Waals surface area contributed by atoms with E-state index in [9.17, 15) is 8.42 Å². The predicted octanol–water partition coefficient (Wildman–Crippen LogP) is 2.18. The Bertz CT molecular complexity index is 523. The van der Waals surface area contributed by atoms with Gasteiger partial charge in [0.25, 0.3) is 10.1 Å². The average Bonchev–Trinajstić information content (AvgIpc) is 2.93. The third kappa shape index (κ3) is 2.49. The first-order chi connectivity index (χ1) is 7.39. The molecule has 0 spiro atoms. The molecule has 0 amide bonds. The zero-order chi connectivity index (χ0) is 11.9. The van der Waals surface area contributed by atoms with Crippen molar-refractivity contribution in [2.45, 2.75) is 17.4 Å². The van der Waals surface area contributed by atoms with Gasteiger partial charge in [-0.1, -0.05) is 23.2 Å². The molecule has 0 aliphatic carbocycles. The Hall–Kier alpha value is -0.330. The molecule has 1 aromatic rings. The Labute approximate surface area is 103 Å². The lowest BCUT2D eigenvalue weighted by Gasteiger charge is -2.08. The lowest BCUT2D eigenvalue weighted by molar-refractivity contribution is 0.407. The van der Waals surface area contributed by atoms with E-state index < -0.39 is 10.1 Å². The van der Waals surface area contributed by atoms with Gasteiger partial charge >= 0.3 is 0 Å². The topological polar surface area (TPSA) is 66.9 Å². The van der Waals surface area contributed by atoms with E-state index in [1.54, 1.807) is 0 Å². The second-order valence-corrected chi connectivity index (χ2v) is 5.65.